The average molecular weight is 580 g/mol. The van der Waals surface area contributed by atoms with Crippen LogP contribution < -0.4 is 10.6 Å². The number of amides is 1. The molecule has 0 aliphatic rings. The van der Waals surface area contributed by atoms with E-state index in [0.29, 0.717) is 34.3 Å². The number of rotatable bonds is 9. The third-order valence-electron chi connectivity index (χ3n) is 5.83. The van der Waals surface area contributed by atoms with Gasteiger partial charge < -0.3 is 15.4 Å². The van der Waals surface area contributed by atoms with E-state index in [4.69, 9.17) is 33.0 Å². The van der Waals surface area contributed by atoms with E-state index in [1.165, 1.54) is 0 Å². The van der Waals surface area contributed by atoms with Gasteiger partial charge in [0.25, 0.3) is 5.91 Å². The first-order chi connectivity index (χ1) is 19.0. The third kappa shape index (κ3) is 8.10. The topological polar surface area (TPSA) is 85.3 Å². The standard InChI is InChI=1S/C31H32Cl2N4O3/c1-20-7-13-26(14-8-20)37-28(19-27(36-37)22-16-23(32)18-24(33)17-22)35-25-11-9-21(10-12-25)30(39)34-15-5-6-29(38)40-31(2,3)4/h7-14,16-19,35H,5-6,15H2,1-4H3,(H,34,39). The summed E-state index contributed by atoms with van der Waals surface area (Å²) in [4.78, 5) is 24.4. The van der Waals surface area contributed by atoms with Crippen LogP contribution in [0.4, 0.5) is 11.5 Å². The highest BCUT2D eigenvalue weighted by atomic mass is 35.5. The van der Waals surface area contributed by atoms with E-state index < -0.39 is 5.60 Å². The van der Waals surface area contributed by atoms with E-state index >= 15 is 0 Å². The fourth-order valence-electron chi connectivity index (χ4n) is 3.98. The van der Waals surface area contributed by atoms with Gasteiger partial charge in [-0.25, -0.2) is 4.68 Å². The van der Waals surface area contributed by atoms with Gasteiger partial charge in [0.1, 0.15) is 11.4 Å². The van der Waals surface area contributed by atoms with Gasteiger partial charge >= 0.3 is 5.97 Å². The van der Waals surface area contributed by atoms with E-state index in [2.05, 4.69) is 10.6 Å². The van der Waals surface area contributed by atoms with Gasteiger partial charge in [-0.2, -0.15) is 5.10 Å². The number of anilines is 2. The zero-order valence-corrected chi connectivity index (χ0v) is 24.4. The molecule has 0 unspecified atom stereocenters. The van der Waals surface area contributed by atoms with Crippen LogP contribution in [0.5, 0.6) is 0 Å². The summed E-state index contributed by atoms with van der Waals surface area (Å²) >= 11 is 12.5. The monoisotopic (exact) mass is 578 g/mol. The molecule has 0 saturated heterocycles. The summed E-state index contributed by atoms with van der Waals surface area (Å²) < 4.78 is 7.11. The second kappa shape index (κ2) is 12.6. The van der Waals surface area contributed by atoms with Crippen LogP contribution in [0.15, 0.2) is 72.8 Å². The predicted octanol–water partition coefficient (Wildman–Crippen LogP) is 7.75. The minimum Gasteiger partial charge on any atom is -0.460 e. The van der Waals surface area contributed by atoms with Crippen molar-refractivity contribution in [2.75, 3.05) is 11.9 Å². The van der Waals surface area contributed by atoms with Crippen molar-refractivity contribution in [1.82, 2.24) is 15.1 Å². The second-order valence-corrected chi connectivity index (χ2v) is 11.3. The summed E-state index contributed by atoms with van der Waals surface area (Å²) in [5.41, 5.74) is 4.31. The van der Waals surface area contributed by atoms with Crippen LogP contribution in [0, 0.1) is 6.92 Å². The number of esters is 1. The zero-order valence-electron chi connectivity index (χ0n) is 22.9. The lowest BCUT2D eigenvalue weighted by Crippen LogP contribution is -2.27. The van der Waals surface area contributed by atoms with Crippen molar-refractivity contribution in [1.29, 1.82) is 0 Å². The molecular formula is C31H32Cl2N4O3. The van der Waals surface area contributed by atoms with Crippen LogP contribution in [-0.2, 0) is 9.53 Å². The van der Waals surface area contributed by atoms with Crippen molar-refractivity contribution in [2.45, 2.75) is 46.1 Å². The van der Waals surface area contributed by atoms with E-state index in [9.17, 15) is 9.59 Å². The van der Waals surface area contributed by atoms with Gasteiger partial charge in [-0.05, 0) is 88.7 Å². The highest BCUT2D eigenvalue weighted by Gasteiger charge is 2.16. The Morgan fingerprint density at radius 1 is 0.925 bits per heavy atom. The molecule has 208 valence electrons. The number of aryl methyl sites for hydroxylation is 1. The summed E-state index contributed by atoms with van der Waals surface area (Å²) in [6.45, 7) is 7.90. The molecule has 1 aromatic heterocycles. The number of carbonyl (C=O) groups is 2. The molecule has 2 N–H and O–H groups in total. The Bertz CT molecular complexity index is 1470. The van der Waals surface area contributed by atoms with Crippen LogP contribution in [0.2, 0.25) is 10.0 Å². The third-order valence-corrected chi connectivity index (χ3v) is 6.27. The fourth-order valence-corrected chi connectivity index (χ4v) is 4.50. The van der Waals surface area contributed by atoms with Crippen molar-refractivity contribution >= 4 is 46.6 Å². The molecule has 4 rings (SSSR count). The molecule has 9 heteroatoms. The average Bonchev–Trinajstić information content (AvgIpc) is 3.29. The molecule has 0 radical (unpaired) electrons. The van der Waals surface area contributed by atoms with Gasteiger partial charge in [-0.1, -0.05) is 40.9 Å². The number of nitrogens with one attached hydrogen (secondary N) is 2. The Labute approximate surface area is 244 Å². The molecule has 1 amide bonds. The van der Waals surface area contributed by atoms with Gasteiger partial charge in [0.05, 0.1) is 11.4 Å². The van der Waals surface area contributed by atoms with Crippen LogP contribution in [-0.4, -0.2) is 33.8 Å². The summed E-state index contributed by atoms with van der Waals surface area (Å²) in [7, 11) is 0. The number of ether oxygens (including phenoxy) is 1. The van der Waals surface area contributed by atoms with Crippen LogP contribution in [0.3, 0.4) is 0 Å². The van der Waals surface area contributed by atoms with Gasteiger partial charge in [-0.3, -0.25) is 9.59 Å². The summed E-state index contributed by atoms with van der Waals surface area (Å²) in [6.07, 6.45) is 0.752. The maximum Gasteiger partial charge on any atom is 0.306 e. The molecule has 1 heterocycles. The molecule has 4 aromatic rings. The van der Waals surface area contributed by atoms with Gasteiger partial charge in [0.2, 0.25) is 0 Å². The number of hydrogen-bond donors (Lipinski definition) is 2. The highest BCUT2D eigenvalue weighted by molar-refractivity contribution is 6.35. The maximum absolute atomic E-state index is 12.6. The van der Waals surface area contributed by atoms with Crippen LogP contribution >= 0.6 is 23.2 Å². The molecule has 40 heavy (non-hydrogen) atoms. The lowest BCUT2D eigenvalue weighted by molar-refractivity contribution is -0.154. The van der Waals surface area contributed by atoms with Crippen molar-refractivity contribution in [3.05, 3.63) is 94.0 Å². The second-order valence-electron chi connectivity index (χ2n) is 10.5. The normalized spacial score (nSPS) is 11.2. The first-order valence-electron chi connectivity index (χ1n) is 13.0. The number of carbonyl (C=O) groups excluding carboxylic acids is 2. The van der Waals surface area contributed by atoms with Gasteiger partial charge in [0.15, 0.2) is 0 Å². The first-order valence-corrected chi connectivity index (χ1v) is 13.7. The number of benzene rings is 3. The number of nitrogens with zero attached hydrogens (tertiary/aromatic N) is 2. The van der Waals surface area contributed by atoms with Gasteiger partial charge in [-0.15, -0.1) is 0 Å². The predicted molar refractivity (Wildman–Crippen MR) is 161 cm³/mol. The Kier molecular flexibility index (Phi) is 9.17. The molecule has 0 bridgehead atoms. The largest absolute Gasteiger partial charge is 0.460 e. The molecule has 0 fully saturated rings. The quantitative estimate of drug-likeness (QED) is 0.156. The zero-order chi connectivity index (χ0) is 28.9. The van der Waals surface area contributed by atoms with E-state index in [-0.39, 0.29) is 18.3 Å². The number of aromatic nitrogens is 2. The maximum atomic E-state index is 12.6. The molecule has 0 atom stereocenters. The van der Waals surface area contributed by atoms with Crippen LogP contribution in [0.1, 0.15) is 49.5 Å². The lowest BCUT2D eigenvalue weighted by Gasteiger charge is -2.19. The fraction of sp³-hybridized carbons (Fsp3) is 0.258. The van der Waals surface area contributed by atoms with E-state index in [0.717, 1.165) is 28.3 Å². The Morgan fingerprint density at radius 3 is 2.20 bits per heavy atom. The SMILES string of the molecule is Cc1ccc(-n2nc(-c3cc(Cl)cc(Cl)c3)cc2Nc2ccc(C(=O)NCCCC(=O)OC(C)(C)C)cc2)cc1. The van der Waals surface area contributed by atoms with Crippen molar-refractivity contribution in [3.8, 4) is 16.9 Å². The van der Waals surface area contributed by atoms with E-state index in [1.807, 2.05) is 87.0 Å². The number of hydrogen-bond acceptors (Lipinski definition) is 5. The lowest BCUT2D eigenvalue weighted by atomic mass is 10.1. The molecule has 0 aliphatic carbocycles. The Morgan fingerprint density at radius 2 is 1.57 bits per heavy atom. The van der Waals surface area contributed by atoms with Crippen LogP contribution in [0.25, 0.3) is 16.9 Å². The first kappa shape index (κ1) is 29.2. The van der Waals surface area contributed by atoms with Crippen molar-refractivity contribution in [3.63, 3.8) is 0 Å². The summed E-state index contributed by atoms with van der Waals surface area (Å²) in [5, 5.41) is 12.1. The Hall–Kier alpha value is -3.81. The summed E-state index contributed by atoms with van der Waals surface area (Å²) in [5.74, 6) is 0.249. The molecule has 0 spiro atoms. The minimum atomic E-state index is -0.515. The van der Waals surface area contributed by atoms with Crippen molar-refractivity contribution in [2.24, 2.45) is 0 Å². The summed E-state index contributed by atoms with van der Waals surface area (Å²) in [6, 6.07) is 22.4. The number of halogens is 2. The molecular weight excluding hydrogens is 547 g/mol. The molecule has 0 aliphatic heterocycles. The highest BCUT2D eigenvalue weighted by Crippen LogP contribution is 2.31. The van der Waals surface area contributed by atoms with Crippen molar-refractivity contribution < 1.29 is 14.3 Å². The smallest absolute Gasteiger partial charge is 0.306 e. The molecule has 0 saturated carbocycles. The molecule has 3 aromatic carbocycles. The van der Waals surface area contributed by atoms with E-state index in [1.54, 1.807) is 18.2 Å². The van der Waals surface area contributed by atoms with Gasteiger partial charge in [0, 0.05) is 45.9 Å². The Balaban J connectivity index is 1.46. The molecule has 7 nitrogen and oxygen atoms in total. The minimum absolute atomic E-state index is 0.208.